The van der Waals surface area contributed by atoms with E-state index in [-0.39, 0.29) is 11.8 Å². The maximum atomic E-state index is 12.1. The summed E-state index contributed by atoms with van der Waals surface area (Å²) in [6, 6.07) is 0. The molecule has 0 aromatic heterocycles. The average molecular weight is 878 g/mol. The molecule has 2 amide bonds. The van der Waals surface area contributed by atoms with Crippen molar-refractivity contribution in [2.75, 3.05) is 65.4 Å². The monoisotopic (exact) mass is 877 g/mol. The van der Waals surface area contributed by atoms with E-state index in [4.69, 9.17) is 0 Å². The van der Waals surface area contributed by atoms with E-state index in [1.54, 1.807) is 0 Å². The fourth-order valence-corrected chi connectivity index (χ4v) is 8.40. The summed E-state index contributed by atoms with van der Waals surface area (Å²) in [4.78, 5) is 24.3. The number of carbonyl (C=O) groups is 2. The van der Waals surface area contributed by atoms with Gasteiger partial charge in [0.15, 0.2) is 0 Å². The topological polar surface area (TPSA) is 106 Å². The SMILES string of the molecule is CCCCCCCCCCCCCCCCCCC(=O)NCCCNCCCNCCCCNCCCNCCCNC(=O)CCCCCCCCCCCCCCCCCC. The molecule has 0 aliphatic heterocycles. The first-order chi connectivity index (χ1) is 30.7. The predicted octanol–water partition coefficient (Wildman–Crippen LogP) is 13.2. The van der Waals surface area contributed by atoms with Gasteiger partial charge in [0.2, 0.25) is 11.8 Å². The Balaban J connectivity index is 3.19. The van der Waals surface area contributed by atoms with Gasteiger partial charge in [-0.15, -0.1) is 0 Å². The molecule has 0 heterocycles. The number of unbranched alkanes of at least 4 members (excludes halogenated alkanes) is 31. The van der Waals surface area contributed by atoms with Gasteiger partial charge in [0, 0.05) is 25.9 Å². The number of nitrogens with one attached hydrogen (secondary N) is 6. The molecule has 0 saturated heterocycles. The van der Waals surface area contributed by atoms with Gasteiger partial charge in [0.25, 0.3) is 0 Å². The van der Waals surface area contributed by atoms with E-state index in [1.807, 2.05) is 0 Å². The minimum absolute atomic E-state index is 0.228. The van der Waals surface area contributed by atoms with Gasteiger partial charge in [0.1, 0.15) is 0 Å². The number of carbonyl (C=O) groups excluding carboxylic acids is 2. The summed E-state index contributed by atoms with van der Waals surface area (Å²) in [5.41, 5.74) is 0. The van der Waals surface area contributed by atoms with Crippen LogP contribution in [0.1, 0.15) is 271 Å². The summed E-state index contributed by atoms with van der Waals surface area (Å²) in [5.74, 6) is 0.457. The van der Waals surface area contributed by atoms with Gasteiger partial charge in [-0.05, 0) is 104 Å². The van der Waals surface area contributed by atoms with Crippen LogP contribution in [0.4, 0.5) is 0 Å². The molecule has 0 spiro atoms. The quantitative estimate of drug-likeness (QED) is 0.0340. The van der Waals surface area contributed by atoms with Gasteiger partial charge in [-0.1, -0.05) is 206 Å². The summed E-state index contributed by atoms with van der Waals surface area (Å²) in [6.07, 6.45) is 51.8. The van der Waals surface area contributed by atoms with Crippen LogP contribution >= 0.6 is 0 Å². The van der Waals surface area contributed by atoms with Crippen molar-refractivity contribution in [1.29, 1.82) is 0 Å². The summed E-state index contributed by atoms with van der Waals surface area (Å²) in [7, 11) is 0. The van der Waals surface area contributed by atoms with Crippen molar-refractivity contribution in [3.8, 4) is 0 Å². The molecule has 0 unspecified atom stereocenters. The van der Waals surface area contributed by atoms with Crippen molar-refractivity contribution in [1.82, 2.24) is 31.9 Å². The lowest BCUT2D eigenvalue weighted by Crippen LogP contribution is -2.28. The zero-order chi connectivity index (χ0) is 44.8. The van der Waals surface area contributed by atoms with Gasteiger partial charge in [-0.25, -0.2) is 0 Å². The lowest BCUT2D eigenvalue weighted by Gasteiger charge is -2.09. The highest BCUT2D eigenvalue weighted by molar-refractivity contribution is 5.76. The van der Waals surface area contributed by atoms with Gasteiger partial charge in [-0.2, -0.15) is 0 Å². The van der Waals surface area contributed by atoms with Crippen molar-refractivity contribution in [2.24, 2.45) is 0 Å². The van der Waals surface area contributed by atoms with E-state index in [9.17, 15) is 9.59 Å². The van der Waals surface area contributed by atoms with Crippen molar-refractivity contribution in [2.45, 2.75) is 271 Å². The highest BCUT2D eigenvalue weighted by atomic mass is 16.2. The molecule has 6 N–H and O–H groups in total. The minimum atomic E-state index is 0.228. The van der Waals surface area contributed by atoms with Crippen LogP contribution in [0.2, 0.25) is 0 Å². The zero-order valence-corrected chi connectivity index (χ0v) is 42.2. The highest BCUT2D eigenvalue weighted by Gasteiger charge is 2.03. The Labute approximate surface area is 388 Å². The molecule has 0 rings (SSSR count). The Morgan fingerprint density at radius 1 is 0.226 bits per heavy atom. The average Bonchev–Trinajstić information content (AvgIpc) is 3.27. The highest BCUT2D eigenvalue weighted by Crippen LogP contribution is 2.15. The minimum Gasteiger partial charge on any atom is -0.356 e. The molecule has 0 fully saturated rings. The molecule has 0 bridgehead atoms. The Hall–Kier alpha value is -1.22. The Morgan fingerprint density at radius 2 is 0.419 bits per heavy atom. The van der Waals surface area contributed by atoms with Crippen LogP contribution in [-0.4, -0.2) is 77.3 Å². The van der Waals surface area contributed by atoms with Crippen LogP contribution in [0.3, 0.4) is 0 Å². The third-order valence-corrected chi connectivity index (χ3v) is 12.6. The van der Waals surface area contributed by atoms with Crippen LogP contribution in [0.25, 0.3) is 0 Å². The normalized spacial score (nSPS) is 11.5. The van der Waals surface area contributed by atoms with Gasteiger partial charge < -0.3 is 31.9 Å². The fraction of sp³-hybridized carbons (Fsp3) is 0.963. The molecule has 8 heteroatoms. The second-order valence-corrected chi connectivity index (χ2v) is 18.9. The number of hydrogen-bond donors (Lipinski definition) is 6. The van der Waals surface area contributed by atoms with Crippen LogP contribution < -0.4 is 31.9 Å². The van der Waals surface area contributed by atoms with E-state index in [1.165, 1.54) is 205 Å². The number of rotatable bonds is 55. The lowest BCUT2D eigenvalue weighted by molar-refractivity contribution is -0.122. The molecule has 0 aromatic rings. The van der Waals surface area contributed by atoms with Crippen molar-refractivity contribution < 1.29 is 9.59 Å². The largest absolute Gasteiger partial charge is 0.356 e. The van der Waals surface area contributed by atoms with Crippen LogP contribution in [0, 0.1) is 0 Å². The van der Waals surface area contributed by atoms with Crippen molar-refractivity contribution >= 4 is 11.8 Å². The first-order valence-electron chi connectivity index (χ1n) is 28.1. The van der Waals surface area contributed by atoms with Gasteiger partial charge in [0.05, 0.1) is 0 Å². The molecule has 0 radical (unpaired) electrons. The molecule has 62 heavy (non-hydrogen) atoms. The predicted molar refractivity (Wildman–Crippen MR) is 274 cm³/mol. The van der Waals surface area contributed by atoms with E-state index in [0.29, 0.717) is 12.8 Å². The van der Waals surface area contributed by atoms with Crippen LogP contribution in [0.5, 0.6) is 0 Å². The van der Waals surface area contributed by atoms with Crippen molar-refractivity contribution in [3.05, 3.63) is 0 Å². The summed E-state index contributed by atoms with van der Waals surface area (Å²) >= 11 is 0. The summed E-state index contributed by atoms with van der Waals surface area (Å²) < 4.78 is 0. The Morgan fingerprint density at radius 3 is 0.661 bits per heavy atom. The van der Waals surface area contributed by atoms with Gasteiger partial charge >= 0.3 is 0 Å². The first-order valence-corrected chi connectivity index (χ1v) is 28.1. The second-order valence-electron chi connectivity index (χ2n) is 18.9. The molecule has 8 nitrogen and oxygen atoms in total. The molecule has 0 aromatic carbocycles. The lowest BCUT2D eigenvalue weighted by atomic mass is 10.0. The first kappa shape index (κ1) is 60.8. The van der Waals surface area contributed by atoms with E-state index in [2.05, 4.69) is 45.7 Å². The summed E-state index contributed by atoms with van der Waals surface area (Å²) in [5, 5.41) is 20.4. The van der Waals surface area contributed by atoms with E-state index in [0.717, 1.165) is 104 Å². The fourth-order valence-electron chi connectivity index (χ4n) is 8.40. The van der Waals surface area contributed by atoms with Crippen LogP contribution in [0.15, 0.2) is 0 Å². The van der Waals surface area contributed by atoms with Crippen molar-refractivity contribution in [3.63, 3.8) is 0 Å². The second kappa shape index (κ2) is 55.9. The van der Waals surface area contributed by atoms with E-state index < -0.39 is 0 Å². The maximum absolute atomic E-state index is 12.1. The molecular formula is C54H112N6O2. The number of amides is 2. The van der Waals surface area contributed by atoms with Crippen LogP contribution in [-0.2, 0) is 9.59 Å². The molecule has 0 saturated carbocycles. The summed E-state index contributed by atoms with van der Waals surface area (Å²) in [6.45, 7) is 14.5. The molecule has 0 aliphatic carbocycles. The Bertz CT molecular complexity index is 793. The molecular weight excluding hydrogens is 765 g/mol. The maximum Gasteiger partial charge on any atom is 0.219 e. The van der Waals surface area contributed by atoms with Gasteiger partial charge in [-0.3, -0.25) is 9.59 Å². The standard InChI is InChI=1S/C54H112N6O2/c1-3-5-7-9-11-13-15-17-19-21-23-25-27-29-31-33-41-53(61)59-51-39-49-57-47-37-45-55-43-35-36-44-56-46-38-48-58-50-40-52-60-54(62)42-34-32-30-28-26-24-22-20-18-16-14-12-10-8-6-4-2/h55-58H,3-52H2,1-2H3,(H,59,61)(H,60,62). The van der Waals surface area contributed by atoms with E-state index >= 15 is 0 Å². The third-order valence-electron chi connectivity index (χ3n) is 12.6. The molecule has 0 aliphatic rings. The molecule has 0 atom stereocenters. The smallest absolute Gasteiger partial charge is 0.219 e. The zero-order valence-electron chi connectivity index (χ0n) is 42.2. The molecule has 370 valence electrons. The number of hydrogen-bond acceptors (Lipinski definition) is 6. The Kier molecular flexibility index (Phi) is 54.8. The third kappa shape index (κ3) is 54.9.